The first-order valence-electron chi connectivity index (χ1n) is 6.96. The molecule has 1 N–H and O–H groups in total. The highest BCUT2D eigenvalue weighted by atomic mass is 35.5. The number of hydrogen-bond donors (Lipinski definition) is 1. The van der Waals surface area contributed by atoms with Crippen molar-refractivity contribution in [2.24, 2.45) is 0 Å². The number of piperazine rings is 1. The minimum Gasteiger partial charge on any atom is -0.364 e. The van der Waals surface area contributed by atoms with Gasteiger partial charge in [-0.05, 0) is 38.0 Å². The maximum absolute atomic E-state index is 13.5. The smallest absolute Gasteiger partial charge is 0.125 e. The molecule has 1 aromatic rings. The van der Waals surface area contributed by atoms with E-state index in [1.54, 1.807) is 12.1 Å². The first-order chi connectivity index (χ1) is 8.99. The molecule has 2 unspecified atom stereocenters. The number of halogens is 2. The fourth-order valence-electron chi connectivity index (χ4n) is 2.62. The van der Waals surface area contributed by atoms with E-state index in [9.17, 15) is 4.39 Å². The van der Waals surface area contributed by atoms with Crippen LogP contribution in [0.4, 0.5) is 10.1 Å². The highest BCUT2D eigenvalue weighted by molar-refractivity contribution is 6.33. The summed E-state index contributed by atoms with van der Waals surface area (Å²) < 4.78 is 13.5. The van der Waals surface area contributed by atoms with Gasteiger partial charge in [-0.3, -0.25) is 0 Å². The molecule has 0 spiro atoms. The van der Waals surface area contributed by atoms with Gasteiger partial charge >= 0.3 is 0 Å². The van der Waals surface area contributed by atoms with Crippen LogP contribution in [0.1, 0.15) is 33.6 Å². The van der Waals surface area contributed by atoms with E-state index in [4.69, 9.17) is 11.6 Å². The lowest BCUT2D eigenvalue weighted by molar-refractivity contribution is 0.276. The molecular formula is C15H22ClFN2. The van der Waals surface area contributed by atoms with Crippen LogP contribution in [-0.2, 0) is 0 Å². The molecule has 0 radical (unpaired) electrons. The van der Waals surface area contributed by atoms with Crippen LogP contribution in [0.5, 0.6) is 0 Å². The number of nitrogens with zero attached hydrogens (tertiary/aromatic N) is 1. The van der Waals surface area contributed by atoms with Gasteiger partial charge in [0, 0.05) is 24.7 Å². The molecule has 1 saturated heterocycles. The lowest BCUT2D eigenvalue weighted by Crippen LogP contribution is -2.62. The molecule has 1 aliphatic rings. The molecule has 1 fully saturated rings. The van der Waals surface area contributed by atoms with Crippen LogP contribution in [0.2, 0.25) is 5.02 Å². The van der Waals surface area contributed by atoms with E-state index in [-0.39, 0.29) is 11.4 Å². The van der Waals surface area contributed by atoms with Crippen molar-refractivity contribution in [2.45, 2.75) is 45.2 Å². The molecule has 1 heterocycles. The van der Waals surface area contributed by atoms with Crippen LogP contribution in [-0.4, -0.2) is 24.7 Å². The maximum Gasteiger partial charge on any atom is 0.125 e. The molecule has 0 saturated carbocycles. The summed E-state index contributed by atoms with van der Waals surface area (Å²) in [5, 5.41) is 4.23. The summed E-state index contributed by atoms with van der Waals surface area (Å²) in [5.74, 6) is -0.231. The van der Waals surface area contributed by atoms with E-state index >= 15 is 0 Å². The number of rotatable bonds is 3. The largest absolute Gasteiger partial charge is 0.364 e. The van der Waals surface area contributed by atoms with Gasteiger partial charge in [0.1, 0.15) is 5.82 Å². The van der Waals surface area contributed by atoms with Crippen LogP contribution in [0.15, 0.2) is 18.2 Å². The van der Waals surface area contributed by atoms with E-state index in [0.29, 0.717) is 11.1 Å². The Labute approximate surface area is 119 Å². The van der Waals surface area contributed by atoms with Gasteiger partial charge in [-0.2, -0.15) is 0 Å². The van der Waals surface area contributed by atoms with Gasteiger partial charge in [0.25, 0.3) is 0 Å². The standard InChI is InChI=1S/C15H22ClFN2/c1-4-12-9-18-15(3,5-2)10-19(12)14-8-11(17)6-7-13(14)16/h6-8,12,18H,4-5,9-10H2,1-3H3. The van der Waals surface area contributed by atoms with Gasteiger partial charge in [-0.1, -0.05) is 25.4 Å². The second-order valence-corrected chi connectivity index (χ2v) is 5.99. The van der Waals surface area contributed by atoms with E-state index in [1.165, 1.54) is 6.07 Å². The third-order valence-corrected chi connectivity index (χ3v) is 4.51. The summed E-state index contributed by atoms with van der Waals surface area (Å²) in [7, 11) is 0. The first-order valence-corrected chi connectivity index (χ1v) is 7.33. The average molecular weight is 285 g/mol. The summed E-state index contributed by atoms with van der Waals surface area (Å²) in [6, 6.07) is 4.96. The molecule has 0 aliphatic carbocycles. The van der Waals surface area contributed by atoms with E-state index in [2.05, 4.69) is 31.0 Å². The van der Waals surface area contributed by atoms with E-state index in [1.807, 2.05) is 0 Å². The van der Waals surface area contributed by atoms with Crippen LogP contribution >= 0.6 is 11.6 Å². The van der Waals surface area contributed by atoms with Crippen molar-refractivity contribution in [2.75, 3.05) is 18.0 Å². The van der Waals surface area contributed by atoms with Crippen LogP contribution in [0, 0.1) is 5.82 Å². The highest BCUT2D eigenvalue weighted by Gasteiger charge is 2.34. The lowest BCUT2D eigenvalue weighted by atomic mass is 9.92. The molecule has 0 aromatic heterocycles. The molecule has 19 heavy (non-hydrogen) atoms. The lowest BCUT2D eigenvalue weighted by Gasteiger charge is -2.47. The molecule has 0 amide bonds. The zero-order valence-corrected chi connectivity index (χ0v) is 12.6. The predicted molar refractivity (Wildman–Crippen MR) is 79.5 cm³/mol. The third-order valence-electron chi connectivity index (χ3n) is 4.19. The highest BCUT2D eigenvalue weighted by Crippen LogP contribution is 2.32. The Bertz CT molecular complexity index is 452. The van der Waals surface area contributed by atoms with Gasteiger partial charge in [-0.15, -0.1) is 0 Å². The average Bonchev–Trinajstić information content (AvgIpc) is 2.41. The number of hydrogen-bond acceptors (Lipinski definition) is 2. The summed E-state index contributed by atoms with van der Waals surface area (Å²) in [4.78, 5) is 2.26. The molecule has 2 nitrogen and oxygen atoms in total. The maximum atomic E-state index is 13.5. The first kappa shape index (κ1) is 14.6. The SMILES string of the molecule is CCC1CNC(C)(CC)CN1c1cc(F)ccc1Cl. The van der Waals surface area contributed by atoms with Crippen molar-refractivity contribution in [3.63, 3.8) is 0 Å². The van der Waals surface area contributed by atoms with Crippen LogP contribution in [0.3, 0.4) is 0 Å². The zero-order valence-electron chi connectivity index (χ0n) is 11.8. The van der Waals surface area contributed by atoms with Crippen molar-refractivity contribution in [1.82, 2.24) is 5.32 Å². The molecule has 0 bridgehead atoms. The van der Waals surface area contributed by atoms with E-state index < -0.39 is 0 Å². The topological polar surface area (TPSA) is 15.3 Å². The fourth-order valence-corrected chi connectivity index (χ4v) is 2.85. The van der Waals surface area contributed by atoms with Crippen molar-refractivity contribution in [1.29, 1.82) is 0 Å². The molecule has 106 valence electrons. The Morgan fingerprint density at radius 3 is 2.84 bits per heavy atom. The number of benzene rings is 1. The van der Waals surface area contributed by atoms with Crippen molar-refractivity contribution >= 4 is 17.3 Å². The third kappa shape index (κ3) is 3.03. The second kappa shape index (κ2) is 5.68. The van der Waals surface area contributed by atoms with Gasteiger partial charge in [-0.25, -0.2) is 4.39 Å². The Morgan fingerprint density at radius 2 is 2.21 bits per heavy atom. The molecule has 4 heteroatoms. The normalized spacial score (nSPS) is 27.6. The summed E-state index contributed by atoms with van der Waals surface area (Å²) in [6.07, 6.45) is 2.05. The van der Waals surface area contributed by atoms with E-state index in [0.717, 1.165) is 31.6 Å². The van der Waals surface area contributed by atoms with Crippen molar-refractivity contribution in [3.05, 3.63) is 29.0 Å². The molecule has 2 atom stereocenters. The van der Waals surface area contributed by atoms with Crippen LogP contribution in [0.25, 0.3) is 0 Å². The Hall–Kier alpha value is -0.800. The summed E-state index contributed by atoms with van der Waals surface area (Å²) in [6.45, 7) is 8.30. The molecule has 1 aromatic carbocycles. The minimum atomic E-state index is -0.231. The van der Waals surface area contributed by atoms with Crippen molar-refractivity contribution < 1.29 is 4.39 Å². The molecule has 1 aliphatic heterocycles. The van der Waals surface area contributed by atoms with Crippen LogP contribution < -0.4 is 10.2 Å². The minimum absolute atomic E-state index is 0.0569. The predicted octanol–water partition coefficient (Wildman–Crippen LogP) is 3.84. The van der Waals surface area contributed by atoms with Gasteiger partial charge in [0.15, 0.2) is 0 Å². The summed E-state index contributed by atoms with van der Waals surface area (Å²) >= 11 is 6.26. The Kier molecular flexibility index (Phi) is 4.36. The quantitative estimate of drug-likeness (QED) is 0.907. The van der Waals surface area contributed by atoms with Gasteiger partial charge < -0.3 is 10.2 Å². The van der Waals surface area contributed by atoms with Gasteiger partial charge in [0.2, 0.25) is 0 Å². The monoisotopic (exact) mass is 284 g/mol. The summed E-state index contributed by atoms with van der Waals surface area (Å²) in [5.41, 5.74) is 0.871. The number of anilines is 1. The Balaban J connectivity index is 2.35. The Morgan fingerprint density at radius 1 is 1.47 bits per heavy atom. The van der Waals surface area contributed by atoms with Crippen molar-refractivity contribution in [3.8, 4) is 0 Å². The zero-order chi connectivity index (χ0) is 14.0. The van der Waals surface area contributed by atoms with Gasteiger partial charge in [0.05, 0.1) is 10.7 Å². The number of nitrogens with one attached hydrogen (secondary N) is 1. The molecular weight excluding hydrogens is 263 g/mol. The molecule has 2 rings (SSSR count). The second-order valence-electron chi connectivity index (χ2n) is 5.58. The fraction of sp³-hybridized carbons (Fsp3) is 0.600.